The maximum absolute atomic E-state index is 12.1. The van der Waals surface area contributed by atoms with Crippen molar-refractivity contribution in [3.05, 3.63) is 58.5 Å². The van der Waals surface area contributed by atoms with Crippen LogP contribution in [0.1, 0.15) is 46.3 Å². The Balaban J connectivity index is 1.08. The molecule has 0 spiro atoms. The van der Waals surface area contributed by atoms with Gasteiger partial charge in [0.05, 0.1) is 12.3 Å². The van der Waals surface area contributed by atoms with Gasteiger partial charge in [-0.2, -0.15) is 0 Å². The van der Waals surface area contributed by atoms with E-state index >= 15 is 0 Å². The second-order valence-electron chi connectivity index (χ2n) is 9.57. The summed E-state index contributed by atoms with van der Waals surface area (Å²) in [6, 6.07) is 6.62. The maximum atomic E-state index is 12.1. The summed E-state index contributed by atoms with van der Waals surface area (Å²) in [5, 5.41) is 2.10. The van der Waals surface area contributed by atoms with Gasteiger partial charge in [-0.15, -0.1) is 11.3 Å². The van der Waals surface area contributed by atoms with Gasteiger partial charge in [0.1, 0.15) is 9.88 Å². The lowest BCUT2D eigenvalue weighted by Crippen LogP contribution is -2.47. The Morgan fingerprint density at radius 2 is 1.89 bits per heavy atom. The van der Waals surface area contributed by atoms with E-state index in [1.54, 1.807) is 19.3 Å². The SMILES string of the molecule is CCOC(=O)c1sc(-c2cnc(N3CCN(CCCCc4c[nH]c5ccc(C)cc45)CC3)nc2)nc1C. The summed E-state index contributed by atoms with van der Waals surface area (Å²) in [5.74, 6) is 0.420. The van der Waals surface area contributed by atoms with Crippen LogP contribution in [0, 0.1) is 13.8 Å². The minimum absolute atomic E-state index is 0.327. The minimum atomic E-state index is -0.327. The number of rotatable bonds is 9. The highest BCUT2D eigenvalue weighted by molar-refractivity contribution is 7.17. The minimum Gasteiger partial charge on any atom is -0.462 e. The highest BCUT2D eigenvalue weighted by Crippen LogP contribution is 2.28. The molecule has 0 amide bonds. The summed E-state index contributed by atoms with van der Waals surface area (Å²) in [4.78, 5) is 34.5. The number of aryl methyl sites for hydroxylation is 3. The number of esters is 1. The molecular formula is C28H34N6O2S. The van der Waals surface area contributed by atoms with Gasteiger partial charge in [-0.3, -0.25) is 4.90 Å². The monoisotopic (exact) mass is 518 g/mol. The fraction of sp³-hybridized carbons (Fsp3) is 0.429. The first-order chi connectivity index (χ1) is 18.0. The molecule has 1 aliphatic rings. The molecule has 0 radical (unpaired) electrons. The van der Waals surface area contributed by atoms with E-state index in [-0.39, 0.29) is 5.97 Å². The number of anilines is 1. The molecule has 3 aromatic heterocycles. The Morgan fingerprint density at radius 1 is 1.11 bits per heavy atom. The van der Waals surface area contributed by atoms with E-state index in [0.717, 1.165) is 55.7 Å². The molecule has 4 aromatic rings. The van der Waals surface area contributed by atoms with Gasteiger partial charge in [-0.25, -0.2) is 19.7 Å². The van der Waals surface area contributed by atoms with Crippen LogP contribution in [-0.2, 0) is 11.2 Å². The van der Waals surface area contributed by atoms with Gasteiger partial charge in [0, 0.05) is 61.2 Å². The Labute approximate surface area is 221 Å². The number of carbonyl (C=O) groups excluding carboxylic acids is 1. The van der Waals surface area contributed by atoms with E-state index in [4.69, 9.17) is 4.74 Å². The molecule has 1 fully saturated rings. The molecule has 8 nitrogen and oxygen atoms in total. The second-order valence-corrected chi connectivity index (χ2v) is 10.6. The Hall–Kier alpha value is -3.30. The van der Waals surface area contributed by atoms with Gasteiger partial charge in [-0.05, 0) is 64.3 Å². The van der Waals surface area contributed by atoms with Crippen molar-refractivity contribution in [1.82, 2.24) is 24.8 Å². The van der Waals surface area contributed by atoms with Gasteiger partial charge in [-0.1, -0.05) is 11.6 Å². The maximum Gasteiger partial charge on any atom is 0.350 e. The van der Waals surface area contributed by atoms with Crippen molar-refractivity contribution >= 4 is 34.2 Å². The molecule has 9 heteroatoms. The fourth-order valence-electron chi connectivity index (χ4n) is 4.82. The fourth-order valence-corrected chi connectivity index (χ4v) is 5.76. The third-order valence-electron chi connectivity index (χ3n) is 6.89. The first-order valence-electron chi connectivity index (χ1n) is 13.0. The summed E-state index contributed by atoms with van der Waals surface area (Å²) >= 11 is 1.32. The van der Waals surface area contributed by atoms with Gasteiger partial charge in [0.15, 0.2) is 0 Å². The van der Waals surface area contributed by atoms with E-state index in [1.165, 1.54) is 46.2 Å². The summed E-state index contributed by atoms with van der Waals surface area (Å²) in [5.41, 5.74) is 5.46. The van der Waals surface area contributed by atoms with Crippen LogP contribution in [0.3, 0.4) is 0 Å². The average molecular weight is 519 g/mol. The lowest BCUT2D eigenvalue weighted by molar-refractivity contribution is 0.0531. The third-order valence-corrected chi connectivity index (χ3v) is 8.08. The van der Waals surface area contributed by atoms with Crippen molar-refractivity contribution in [2.24, 2.45) is 0 Å². The van der Waals surface area contributed by atoms with E-state index in [9.17, 15) is 4.79 Å². The van der Waals surface area contributed by atoms with Gasteiger partial charge in [0.25, 0.3) is 0 Å². The number of aromatic nitrogens is 4. The van der Waals surface area contributed by atoms with Crippen molar-refractivity contribution < 1.29 is 9.53 Å². The number of carbonyl (C=O) groups is 1. The highest BCUT2D eigenvalue weighted by Gasteiger charge is 2.20. The van der Waals surface area contributed by atoms with Crippen molar-refractivity contribution in [1.29, 1.82) is 0 Å². The lowest BCUT2D eigenvalue weighted by atomic mass is 10.1. The Bertz CT molecular complexity index is 1360. The van der Waals surface area contributed by atoms with Gasteiger partial charge >= 0.3 is 5.97 Å². The van der Waals surface area contributed by atoms with E-state index in [0.29, 0.717) is 17.2 Å². The number of nitrogens with one attached hydrogen (secondary N) is 1. The number of piperazine rings is 1. The number of ether oxygens (including phenoxy) is 1. The summed E-state index contributed by atoms with van der Waals surface area (Å²) < 4.78 is 5.12. The largest absolute Gasteiger partial charge is 0.462 e. The number of aromatic amines is 1. The number of unbranched alkanes of at least 4 members (excludes halogenated alkanes) is 1. The molecule has 0 aliphatic carbocycles. The zero-order valence-electron chi connectivity index (χ0n) is 21.8. The molecular weight excluding hydrogens is 484 g/mol. The van der Waals surface area contributed by atoms with Crippen LogP contribution < -0.4 is 4.90 Å². The van der Waals surface area contributed by atoms with Crippen LogP contribution in [-0.4, -0.2) is 70.1 Å². The zero-order chi connectivity index (χ0) is 25.8. The molecule has 194 valence electrons. The molecule has 0 saturated carbocycles. The number of H-pyrrole nitrogens is 1. The van der Waals surface area contributed by atoms with Gasteiger partial charge in [0.2, 0.25) is 5.95 Å². The molecule has 37 heavy (non-hydrogen) atoms. The van der Waals surface area contributed by atoms with Crippen molar-refractivity contribution in [3.8, 4) is 10.6 Å². The number of nitrogens with zero attached hydrogens (tertiary/aromatic N) is 5. The molecule has 0 atom stereocenters. The first kappa shape index (κ1) is 25.4. The first-order valence-corrected chi connectivity index (χ1v) is 13.8. The molecule has 1 aliphatic heterocycles. The molecule has 1 saturated heterocycles. The zero-order valence-corrected chi connectivity index (χ0v) is 22.6. The van der Waals surface area contributed by atoms with Crippen LogP contribution >= 0.6 is 11.3 Å². The smallest absolute Gasteiger partial charge is 0.350 e. The molecule has 1 aromatic carbocycles. The number of hydrogen-bond acceptors (Lipinski definition) is 8. The van der Waals surface area contributed by atoms with Crippen LogP contribution in [0.5, 0.6) is 0 Å². The molecule has 5 rings (SSSR count). The predicted molar refractivity (Wildman–Crippen MR) is 148 cm³/mol. The Morgan fingerprint density at radius 3 is 2.65 bits per heavy atom. The van der Waals surface area contributed by atoms with Crippen molar-refractivity contribution in [2.45, 2.75) is 40.0 Å². The van der Waals surface area contributed by atoms with Crippen LogP contribution in [0.4, 0.5) is 5.95 Å². The summed E-state index contributed by atoms with van der Waals surface area (Å²) in [6.45, 7) is 11.1. The van der Waals surface area contributed by atoms with E-state index in [1.807, 2.05) is 6.92 Å². The van der Waals surface area contributed by atoms with Crippen LogP contribution in [0.15, 0.2) is 36.8 Å². The molecule has 4 heterocycles. The topological polar surface area (TPSA) is 87.2 Å². The predicted octanol–water partition coefficient (Wildman–Crippen LogP) is 5.02. The number of hydrogen-bond donors (Lipinski definition) is 1. The molecule has 0 unspecified atom stereocenters. The quantitative estimate of drug-likeness (QED) is 0.246. The average Bonchev–Trinajstić information content (AvgIpc) is 3.50. The highest BCUT2D eigenvalue weighted by atomic mass is 32.1. The number of thiazole rings is 1. The summed E-state index contributed by atoms with van der Waals surface area (Å²) in [6.07, 6.45) is 9.28. The van der Waals surface area contributed by atoms with E-state index in [2.05, 4.69) is 61.1 Å². The second kappa shape index (κ2) is 11.4. The standard InChI is InChI=1S/C28H34N6O2S/c1-4-36-27(35)25-20(3)32-26(37-25)22-17-30-28(31-18-22)34-13-11-33(12-14-34)10-6-5-7-21-16-29-24-9-8-19(2)15-23(21)24/h8-9,15-18,29H,4-7,10-14H2,1-3H3. The van der Waals surface area contributed by atoms with Crippen molar-refractivity contribution in [2.75, 3.05) is 44.2 Å². The summed E-state index contributed by atoms with van der Waals surface area (Å²) in [7, 11) is 0. The van der Waals surface area contributed by atoms with E-state index < -0.39 is 0 Å². The van der Waals surface area contributed by atoms with Gasteiger partial charge < -0.3 is 14.6 Å². The number of benzene rings is 1. The third kappa shape index (κ3) is 5.83. The number of fused-ring (bicyclic) bond motifs is 1. The normalized spacial score (nSPS) is 14.4. The molecule has 1 N–H and O–H groups in total. The Kier molecular flexibility index (Phi) is 7.81. The van der Waals surface area contributed by atoms with Crippen LogP contribution in [0.2, 0.25) is 0 Å². The van der Waals surface area contributed by atoms with Crippen LogP contribution in [0.25, 0.3) is 21.5 Å². The lowest BCUT2D eigenvalue weighted by Gasteiger charge is -2.34. The van der Waals surface area contributed by atoms with Crippen molar-refractivity contribution in [3.63, 3.8) is 0 Å². The molecule has 0 bridgehead atoms.